The summed E-state index contributed by atoms with van der Waals surface area (Å²) >= 11 is 3.23. The van der Waals surface area contributed by atoms with Crippen LogP contribution in [0.2, 0.25) is 0 Å². The van der Waals surface area contributed by atoms with Gasteiger partial charge in [-0.3, -0.25) is 14.9 Å². The fourth-order valence-corrected chi connectivity index (χ4v) is 3.84. The van der Waals surface area contributed by atoms with Crippen LogP contribution < -0.4 is 5.32 Å². The average Bonchev–Trinajstić information content (AvgIpc) is 3.14. The van der Waals surface area contributed by atoms with Gasteiger partial charge in [-0.15, -0.1) is 0 Å². The zero-order valence-corrected chi connectivity index (χ0v) is 16.8. The van der Waals surface area contributed by atoms with Crippen LogP contribution in [0.5, 0.6) is 0 Å². The topological polar surface area (TPSA) is 120 Å². The molecule has 8 nitrogen and oxygen atoms in total. The molecule has 3 rings (SSSR count). The van der Waals surface area contributed by atoms with Crippen molar-refractivity contribution in [1.82, 2.24) is 0 Å². The first kappa shape index (κ1) is 19.8. The highest BCUT2D eigenvalue weighted by Gasteiger charge is 2.24. The van der Waals surface area contributed by atoms with Crippen molar-refractivity contribution in [2.45, 2.75) is 16.9 Å². The maximum atomic E-state index is 12.6. The van der Waals surface area contributed by atoms with Crippen LogP contribution >= 0.6 is 15.9 Å². The van der Waals surface area contributed by atoms with Gasteiger partial charge in [0.2, 0.25) is 14.9 Å². The summed E-state index contributed by atoms with van der Waals surface area (Å²) in [7, 11) is -3.91. The van der Waals surface area contributed by atoms with Crippen LogP contribution in [0.15, 0.2) is 73.5 Å². The molecular weight excluding hydrogens is 452 g/mol. The third kappa shape index (κ3) is 3.97. The lowest BCUT2D eigenvalue weighted by Crippen LogP contribution is -2.12. The molecule has 1 heterocycles. The van der Waals surface area contributed by atoms with E-state index in [1.165, 1.54) is 42.5 Å². The third-order valence-corrected chi connectivity index (χ3v) is 6.03. The minimum atomic E-state index is -3.91. The summed E-state index contributed by atoms with van der Waals surface area (Å²) in [6.07, 6.45) is 0. The Hall–Kier alpha value is -2.98. The van der Waals surface area contributed by atoms with Gasteiger partial charge < -0.3 is 9.73 Å². The fourth-order valence-electron chi connectivity index (χ4n) is 2.40. The van der Waals surface area contributed by atoms with E-state index in [9.17, 15) is 23.3 Å². The lowest BCUT2D eigenvalue weighted by molar-refractivity contribution is -0.384. The first-order valence-corrected chi connectivity index (χ1v) is 10.1. The first-order valence-electron chi connectivity index (χ1n) is 7.85. The van der Waals surface area contributed by atoms with E-state index in [0.29, 0.717) is 11.3 Å². The quantitative estimate of drug-likeness (QED) is 0.442. The SMILES string of the molecule is Cc1cc([N+](=O)[O-])ccc1NC(=O)c1ccc(S(=O)(=O)c2ccc(Br)cc2)o1. The molecule has 1 N–H and O–H groups in total. The largest absolute Gasteiger partial charge is 0.439 e. The molecule has 28 heavy (non-hydrogen) atoms. The number of aryl methyl sites for hydroxylation is 1. The second-order valence-electron chi connectivity index (χ2n) is 5.79. The number of halogens is 1. The molecule has 0 aliphatic heterocycles. The summed E-state index contributed by atoms with van der Waals surface area (Å²) in [6, 6.07) is 12.4. The number of carbonyl (C=O) groups excluding carboxylic acids is 1. The van der Waals surface area contributed by atoms with Crippen molar-refractivity contribution in [3.63, 3.8) is 0 Å². The minimum absolute atomic E-state index is 0.0308. The van der Waals surface area contributed by atoms with Crippen LogP contribution in [-0.4, -0.2) is 19.2 Å². The number of nitro groups is 1. The van der Waals surface area contributed by atoms with Crippen LogP contribution in [0.1, 0.15) is 16.1 Å². The number of hydrogen-bond donors (Lipinski definition) is 1. The number of carbonyl (C=O) groups is 1. The lowest BCUT2D eigenvalue weighted by atomic mass is 10.2. The Kier molecular flexibility index (Phi) is 5.34. The van der Waals surface area contributed by atoms with E-state index in [-0.39, 0.29) is 21.4 Å². The molecule has 2 aromatic carbocycles. The van der Waals surface area contributed by atoms with Crippen molar-refractivity contribution in [2.24, 2.45) is 0 Å². The number of non-ortho nitro benzene ring substituents is 1. The predicted octanol–water partition coefficient (Wildman–Crippen LogP) is 4.34. The van der Waals surface area contributed by atoms with Crippen molar-refractivity contribution in [1.29, 1.82) is 0 Å². The summed E-state index contributed by atoms with van der Waals surface area (Å²) in [5.74, 6) is -0.873. The number of rotatable bonds is 5. The number of nitrogens with zero attached hydrogens (tertiary/aromatic N) is 1. The van der Waals surface area contributed by atoms with Gasteiger partial charge in [0.15, 0.2) is 5.76 Å². The normalized spacial score (nSPS) is 11.2. The molecule has 10 heteroatoms. The Labute approximate surface area is 168 Å². The Bertz CT molecular complexity index is 1170. The molecule has 0 fully saturated rings. The predicted molar refractivity (Wildman–Crippen MR) is 104 cm³/mol. The van der Waals surface area contributed by atoms with Gasteiger partial charge in [-0.25, -0.2) is 8.42 Å². The monoisotopic (exact) mass is 464 g/mol. The summed E-state index contributed by atoms with van der Waals surface area (Å²) in [5, 5.41) is 13.0. The van der Waals surface area contributed by atoms with E-state index in [4.69, 9.17) is 4.42 Å². The molecule has 0 radical (unpaired) electrons. The van der Waals surface area contributed by atoms with Gasteiger partial charge in [-0.1, -0.05) is 15.9 Å². The van der Waals surface area contributed by atoms with E-state index in [2.05, 4.69) is 21.2 Å². The molecule has 1 amide bonds. The van der Waals surface area contributed by atoms with Crippen LogP contribution in [-0.2, 0) is 9.84 Å². The number of nitro benzene ring substituents is 1. The van der Waals surface area contributed by atoms with E-state index < -0.39 is 20.7 Å². The van der Waals surface area contributed by atoms with Gasteiger partial charge in [-0.2, -0.15) is 0 Å². The number of hydrogen-bond acceptors (Lipinski definition) is 6. The maximum Gasteiger partial charge on any atom is 0.291 e. The van der Waals surface area contributed by atoms with Gasteiger partial charge in [0.05, 0.1) is 9.82 Å². The van der Waals surface area contributed by atoms with Gasteiger partial charge in [0.1, 0.15) is 0 Å². The highest BCUT2D eigenvalue weighted by atomic mass is 79.9. The summed E-state index contributed by atoms with van der Waals surface area (Å²) < 4.78 is 31.2. The van der Waals surface area contributed by atoms with Crippen molar-refractivity contribution in [2.75, 3.05) is 5.32 Å². The van der Waals surface area contributed by atoms with Gasteiger partial charge in [0.25, 0.3) is 11.6 Å². The number of benzene rings is 2. The number of sulfone groups is 1. The standard InChI is InChI=1S/C18H13BrN2O6S/c1-11-10-13(21(23)24)4-7-15(11)20-18(22)16-8-9-17(27-16)28(25,26)14-5-2-12(19)3-6-14/h2-10H,1H3,(H,20,22). The van der Waals surface area contributed by atoms with Gasteiger partial charge in [0, 0.05) is 22.3 Å². The molecule has 0 aliphatic carbocycles. The Morgan fingerprint density at radius 2 is 1.79 bits per heavy atom. The van der Waals surface area contributed by atoms with E-state index in [1.54, 1.807) is 19.1 Å². The fraction of sp³-hybridized carbons (Fsp3) is 0.0556. The van der Waals surface area contributed by atoms with Crippen LogP contribution in [0.25, 0.3) is 0 Å². The van der Waals surface area contributed by atoms with Crippen molar-refractivity contribution in [3.05, 3.63) is 80.5 Å². The molecule has 0 spiro atoms. The third-order valence-electron chi connectivity index (χ3n) is 3.86. The zero-order chi connectivity index (χ0) is 20.5. The van der Waals surface area contributed by atoms with Crippen LogP contribution in [0.4, 0.5) is 11.4 Å². The van der Waals surface area contributed by atoms with E-state index >= 15 is 0 Å². The van der Waals surface area contributed by atoms with Crippen LogP contribution in [0, 0.1) is 17.0 Å². The average molecular weight is 465 g/mol. The van der Waals surface area contributed by atoms with E-state index in [1.807, 2.05) is 0 Å². The molecular formula is C18H13BrN2O6S. The molecule has 1 aromatic heterocycles. The lowest BCUT2D eigenvalue weighted by Gasteiger charge is -2.06. The number of nitrogens with one attached hydrogen (secondary N) is 1. The molecule has 144 valence electrons. The van der Waals surface area contributed by atoms with E-state index in [0.717, 1.165) is 4.47 Å². The zero-order valence-electron chi connectivity index (χ0n) is 14.4. The number of furan rings is 1. The molecule has 0 unspecified atom stereocenters. The van der Waals surface area contributed by atoms with Crippen molar-refractivity contribution < 1.29 is 22.6 Å². The molecule has 0 saturated carbocycles. The first-order chi connectivity index (χ1) is 13.2. The molecule has 3 aromatic rings. The highest BCUT2D eigenvalue weighted by Crippen LogP contribution is 2.26. The van der Waals surface area contributed by atoms with Crippen LogP contribution in [0.3, 0.4) is 0 Å². The number of anilines is 1. The Morgan fingerprint density at radius 1 is 1.11 bits per heavy atom. The molecule has 0 atom stereocenters. The Balaban J connectivity index is 1.83. The number of amides is 1. The summed E-state index contributed by atoms with van der Waals surface area (Å²) in [6.45, 7) is 1.61. The van der Waals surface area contributed by atoms with Gasteiger partial charge >= 0.3 is 0 Å². The smallest absolute Gasteiger partial charge is 0.291 e. The summed E-state index contributed by atoms with van der Waals surface area (Å²) in [4.78, 5) is 22.6. The Morgan fingerprint density at radius 3 is 2.39 bits per heavy atom. The van der Waals surface area contributed by atoms with Gasteiger partial charge in [-0.05, 0) is 55.0 Å². The second kappa shape index (κ2) is 7.56. The maximum absolute atomic E-state index is 12.6. The minimum Gasteiger partial charge on any atom is -0.439 e. The second-order valence-corrected chi connectivity index (χ2v) is 8.58. The molecule has 0 aliphatic rings. The highest BCUT2D eigenvalue weighted by molar-refractivity contribution is 9.10. The molecule has 0 bridgehead atoms. The van der Waals surface area contributed by atoms with Crippen molar-refractivity contribution >= 4 is 43.0 Å². The van der Waals surface area contributed by atoms with Crippen molar-refractivity contribution in [3.8, 4) is 0 Å². The molecule has 0 saturated heterocycles. The summed E-state index contributed by atoms with van der Waals surface area (Å²) in [5.41, 5.74) is 0.734.